The standard InChI is InChI=1S/C12H13N5O3/c1-12(2,3)19-11(18)14-10-8-6-7(15-17-13)4-5-9(8)20-16-10/h4-6H,1-3H3,(H,14,16,18). The van der Waals surface area contributed by atoms with Gasteiger partial charge in [0.25, 0.3) is 0 Å². The van der Waals surface area contributed by atoms with Crippen molar-refractivity contribution in [2.24, 2.45) is 5.11 Å². The molecule has 0 aliphatic rings. The summed E-state index contributed by atoms with van der Waals surface area (Å²) in [4.78, 5) is 14.4. The van der Waals surface area contributed by atoms with Crippen LogP contribution in [-0.2, 0) is 4.74 Å². The largest absolute Gasteiger partial charge is 0.444 e. The fourth-order valence-corrected chi connectivity index (χ4v) is 1.53. The highest BCUT2D eigenvalue weighted by molar-refractivity contribution is 5.97. The Bertz CT molecular complexity index is 695. The first-order chi connectivity index (χ1) is 9.39. The molecule has 0 aliphatic carbocycles. The molecule has 0 fully saturated rings. The highest BCUT2D eigenvalue weighted by Gasteiger charge is 2.18. The van der Waals surface area contributed by atoms with E-state index in [1.165, 1.54) is 0 Å². The molecule has 8 heteroatoms. The summed E-state index contributed by atoms with van der Waals surface area (Å²) in [6, 6.07) is 4.76. The average molecular weight is 275 g/mol. The number of benzene rings is 1. The van der Waals surface area contributed by atoms with Crippen LogP contribution in [0.1, 0.15) is 20.8 Å². The molecule has 0 bridgehead atoms. The maximum atomic E-state index is 11.7. The topological polar surface area (TPSA) is 113 Å². The van der Waals surface area contributed by atoms with E-state index < -0.39 is 11.7 Å². The predicted octanol–water partition coefficient (Wildman–Crippen LogP) is 4.12. The number of anilines is 1. The Hall–Kier alpha value is -2.73. The third kappa shape index (κ3) is 3.18. The summed E-state index contributed by atoms with van der Waals surface area (Å²) in [6.45, 7) is 5.27. The Labute approximate surface area is 114 Å². The van der Waals surface area contributed by atoms with Crippen LogP contribution < -0.4 is 5.32 Å². The Balaban J connectivity index is 2.28. The number of carbonyl (C=O) groups is 1. The van der Waals surface area contributed by atoms with Crippen LogP contribution >= 0.6 is 0 Å². The number of hydrogen-bond donors (Lipinski definition) is 1. The van der Waals surface area contributed by atoms with Gasteiger partial charge < -0.3 is 9.26 Å². The Morgan fingerprint density at radius 3 is 2.90 bits per heavy atom. The molecule has 1 aromatic carbocycles. The molecule has 2 rings (SSSR count). The van der Waals surface area contributed by atoms with Gasteiger partial charge in [-0.25, -0.2) is 4.79 Å². The van der Waals surface area contributed by atoms with Gasteiger partial charge in [-0.1, -0.05) is 10.3 Å². The minimum Gasteiger partial charge on any atom is -0.444 e. The van der Waals surface area contributed by atoms with E-state index in [1.54, 1.807) is 39.0 Å². The van der Waals surface area contributed by atoms with Crippen molar-refractivity contribution in [3.8, 4) is 0 Å². The molecule has 0 atom stereocenters. The molecule has 0 aliphatic heterocycles. The Morgan fingerprint density at radius 1 is 1.50 bits per heavy atom. The quantitative estimate of drug-likeness (QED) is 0.504. The molecule has 0 saturated heterocycles. The van der Waals surface area contributed by atoms with Gasteiger partial charge in [-0.15, -0.1) is 0 Å². The number of aromatic nitrogens is 1. The molecule has 0 spiro atoms. The Kier molecular flexibility index (Phi) is 3.49. The highest BCUT2D eigenvalue weighted by Crippen LogP contribution is 2.27. The van der Waals surface area contributed by atoms with Gasteiger partial charge in [0.2, 0.25) is 0 Å². The smallest absolute Gasteiger partial charge is 0.413 e. The molecule has 1 N–H and O–H groups in total. The first kappa shape index (κ1) is 13.7. The lowest BCUT2D eigenvalue weighted by Crippen LogP contribution is -2.27. The van der Waals surface area contributed by atoms with Crippen LogP contribution in [0.4, 0.5) is 16.3 Å². The molecule has 0 unspecified atom stereocenters. The highest BCUT2D eigenvalue weighted by atomic mass is 16.6. The molecule has 1 heterocycles. The summed E-state index contributed by atoms with van der Waals surface area (Å²) in [5, 5.41) is 10.2. The number of fused-ring (bicyclic) bond motifs is 1. The first-order valence-electron chi connectivity index (χ1n) is 5.83. The second-order valence-corrected chi connectivity index (χ2v) is 5.03. The summed E-state index contributed by atoms with van der Waals surface area (Å²) in [6.07, 6.45) is -0.637. The fraction of sp³-hybridized carbons (Fsp3) is 0.333. The van der Waals surface area contributed by atoms with E-state index in [0.29, 0.717) is 16.7 Å². The molecular weight excluding hydrogens is 262 g/mol. The zero-order chi connectivity index (χ0) is 14.8. The average Bonchev–Trinajstić information content (AvgIpc) is 2.70. The summed E-state index contributed by atoms with van der Waals surface area (Å²) in [5.41, 5.74) is 8.67. The van der Waals surface area contributed by atoms with Crippen LogP contribution in [0.25, 0.3) is 21.4 Å². The van der Waals surface area contributed by atoms with Crippen LogP contribution in [-0.4, -0.2) is 16.9 Å². The van der Waals surface area contributed by atoms with Crippen molar-refractivity contribution in [3.63, 3.8) is 0 Å². The van der Waals surface area contributed by atoms with E-state index in [9.17, 15) is 4.79 Å². The van der Waals surface area contributed by atoms with Crippen molar-refractivity contribution in [3.05, 3.63) is 28.6 Å². The van der Waals surface area contributed by atoms with Crippen molar-refractivity contribution in [1.29, 1.82) is 0 Å². The third-order valence-electron chi connectivity index (χ3n) is 2.23. The van der Waals surface area contributed by atoms with Gasteiger partial charge in [0.15, 0.2) is 11.4 Å². The van der Waals surface area contributed by atoms with Crippen LogP contribution in [0.2, 0.25) is 0 Å². The fourth-order valence-electron chi connectivity index (χ4n) is 1.53. The predicted molar refractivity (Wildman–Crippen MR) is 72.7 cm³/mol. The van der Waals surface area contributed by atoms with E-state index >= 15 is 0 Å². The van der Waals surface area contributed by atoms with Gasteiger partial charge in [-0.05, 0) is 44.5 Å². The molecule has 8 nitrogen and oxygen atoms in total. The second-order valence-electron chi connectivity index (χ2n) is 5.03. The third-order valence-corrected chi connectivity index (χ3v) is 2.23. The normalized spacial score (nSPS) is 10.9. The Morgan fingerprint density at radius 2 is 2.25 bits per heavy atom. The SMILES string of the molecule is CC(C)(C)OC(=O)Nc1noc2ccc(N=[N+]=[N-])cc12. The zero-order valence-electron chi connectivity index (χ0n) is 11.2. The number of carbonyl (C=O) groups excluding carboxylic acids is 1. The summed E-state index contributed by atoms with van der Waals surface area (Å²) in [5.74, 6) is 0.212. The molecule has 20 heavy (non-hydrogen) atoms. The lowest BCUT2D eigenvalue weighted by molar-refractivity contribution is 0.0635. The van der Waals surface area contributed by atoms with Crippen LogP contribution in [0, 0.1) is 0 Å². The van der Waals surface area contributed by atoms with Crippen molar-refractivity contribution >= 4 is 28.6 Å². The number of azide groups is 1. The molecule has 1 amide bonds. The van der Waals surface area contributed by atoms with Crippen molar-refractivity contribution in [2.75, 3.05) is 5.32 Å². The van der Waals surface area contributed by atoms with E-state index in [0.717, 1.165) is 0 Å². The van der Waals surface area contributed by atoms with Gasteiger partial charge >= 0.3 is 6.09 Å². The minimum absolute atomic E-state index is 0.212. The summed E-state index contributed by atoms with van der Waals surface area (Å²) >= 11 is 0. The molecule has 0 saturated carbocycles. The number of ether oxygens (including phenoxy) is 1. The van der Waals surface area contributed by atoms with Gasteiger partial charge in [-0.3, -0.25) is 5.32 Å². The number of rotatable bonds is 2. The van der Waals surface area contributed by atoms with Gasteiger partial charge in [-0.2, -0.15) is 0 Å². The van der Waals surface area contributed by atoms with E-state index in [4.69, 9.17) is 14.8 Å². The second kappa shape index (κ2) is 5.10. The van der Waals surface area contributed by atoms with E-state index in [-0.39, 0.29) is 5.82 Å². The van der Waals surface area contributed by atoms with Gasteiger partial charge in [0, 0.05) is 10.6 Å². The number of nitrogens with one attached hydrogen (secondary N) is 1. The van der Waals surface area contributed by atoms with Crippen molar-refractivity contribution in [1.82, 2.24) is 5.16 Å². The number of amides is 1. The van der Waals surface area contributed by atoms with E-state index in [2.05, 4.69) is 20.5 Å². The van der Waals surface area contributed by atoms with Crippen LogP contribution in [0.3, 0.4) is 0 Å². The lowest BCUT2D eigenvalue weighted by atomic mass is 10.2. The molecule has 0 radical (unpaired) electrons. The minimum atomic E-state index is -0.637. The first-order valence-corrected chi connectivity index (χ1v) is 5.83. The summed E-state index contributed by atoms with van der Waals surface area (Å²) < 4.78 is 10.2. The van der Waals surface area contributed by atoms with Crippen molar-refractivity contribution in [2.45, 2.75) is 26.4 Å². The van der Waals surface area contributed by atoms with E-state index in [1.807, 2.05) is 0 Å². The molecular formula is C12H13N5O3. The van der Waals surface area contributed by atoms with Gasteiger partial charge in [0.05, 0.1) is 5.39 Å². The monoisotopic (exact) mass is 275 g/mol. The number of nitrogens with zero attached hydrogens (tertiary/aromatic N) is 4. The van der Waals surface area contributed by atoms with Crippen LogP contribution in [0.5, 0.6) is 0 Å². The zero-order valence-corrected chi connectivity index (χ0v) is 11.2. The molecule has 2 aromatic rings. The lowest BCUT2D eigenvalue weighted by Gasteiger charge is -2.19. The molecule has 1 aromatic heterocycles. The summed E-state index contributed by atoms with van der Waals surface area (Å²) in [7, 11) is 0. The van der Waals surface area contributed by atoms with Crippen LogP contribution in [0.15, 0.2) is 27.8 Å². The maximum absolute atomic E-state index is 11.7. The van der Waals surface area contributed by atoms with Gasteiger partial charge in [0.1, 0.15) is 5.60 Å². The number of hydrogen-bond acceptors (Lipinski definition) is 5. The maximum Gasteiger partial charge on any atom is 0.413 e. The van der Waals surface area contributed by atoms with Crippen molar-refractivity contribution < 1.29 is 14.1 Å². The molecule has 104 valence electrons.